The maximum absolute atomic E-state index is 12.5. The van der Waals surface area contributed by atoms with Gasteiger partial charge in [-0.2, -0.15) is 0 Å². The smallest absolute Gasteiger partial charge is 0.240 e. The van der Waals surface area contributed by atoms with E-state index in [0.717, 1.165) is 5.56 Å². The van der Waals surface area contributed by atoms with Gasteiger partial charge in [0.05, 0.1) is 35.6 Å². The van der Waals surface area contributed by atoms with E-state index < -0.39 is 10.0 Å². The van der Waals surface area contributed by atoms with Gasteiger partial charge in [-0.05, 0) is 36.8 Å². The molecule has 7 heteroatoms. The predicted molar refractivity (Wildman–Crippen MR) is 99.2 cm³/mol. The Labute approximate surface area is 153 Å². The largest absolute Gasteiger partial charge is 0.497 e. The Hall–Kier alpha value is -2.77. The summed E-state index contributed by atoms with van der Waals surface area (Å²) in [6, 6.07) is 15.7. The number of pyridine rings is 2. The van der Waals surface area contributed by atoms with E-state index in [1.54, 1.807) is 43.6 Å². The molecular formula is C19H19N3O3S. The summed E-state index contributed by atoms with van der Waals surface area (Å²) in [5, 5.41) is 0. The van der Waals surface area contributed by atoms with Crippen LogP contribution in [0.1, 0.15) is 11.3 Å². The van der Waals surface area contributed by atoms with Crippen molar-refractivity contribution in [1.29, 1.82) is 0 Å². The van der Waals surface area contributed by atoms with Crippen LogP contribution in [0.3, 0.4) is 0 Å². The van der Waals surface area contributed by atoms with Crippen LogP contribution >= 0.6 is 0 Å². The monoisotopic (exact) mass is 369 g/mol. The van der Waals surface area contributed by atoms with Gasteiger partial charge in [0.1, 0.15) is 5.75 Å². The molecule has 0 spiro atoms. The molecule has 0 atom stereocenters. The summed E-state index contributed by atoms with van der Waals surface area (Å²) in [6.45, 7) is 1.90. The topological polar surface area (TPSA) is 81.2 Å². The highest BCUT2D eigenvalue weighted by Gasteiger charge is 2.15. The maximum atomic E-state index is 12.5. The number of rotatable bonds is 6. The van der Waals surface area contributed by atoms with Crippen LogP contribution < -0.4 is 9.46 Å². The van der Waals surface area contributed by atoms with Crippen LogP contribution in [-0.4, -0.2) is 25.5 Å². The lowest BCUT2D eigenvalue weighted by Gasteiger charge is -2.10. The minimum Gasteiger partial charge on any atom is -0.497 e. The maximum Gasteiger partial charge on any atom is 0.240 e. The highest BCUT2D eigenvalue weighted by atomic mass is 32.2. The molecule has 0 fully saturated rings. The van der Waals surface area contributed by atoms with Crippen molar-refractivity contribution >= 4 is 10.0 Å². The lowest BCUT2D eigenvalue weighted by Crippen LogP contribution is -2.24. The first-order valence-corrected chi connectivity index (χ1v) is 9.49. The molecule has 0 aliphatic carbocycles. The molecule has 3 rings (SSSR count). The van der Waals surface area contributed by atoms with Gasteiger partial charge in [-0.3, -0.25) is 4.98 Å². The lowest BCUT2D eigenvalue weighted by molar-refractivity contribution is 0.413. The summed E-state index contributed by atoms with van der Waals surface area (Å²) < 4.78 is 32.9. The van der Waals surface area contributed by atoms with Gasteiger partial charge in [-0.15, -0.1) is 0 Å². The second-order valence-corrected chi connectivity index (χ2v) is 7.51. The molecule has 2 heterocycles. The molecule has 0 radical (unpaired) electrons. The molecule has 0 unspecified atom stereocenters. The first kappa shape index (κ1) is 18.0. The Balaban J connectivity index is 1.86. The van der Waals surface area contributed by atoms with Crippen molar-refractivity contribution in [1.82, 2.24) is 14.7 Å². The summed E-state index contributed by atoms with van der Waals surface area (Å²) in [5.74, 6) is 0.588. The fraction of sp³-hybridized carbons (Fsp3) is 0.158. The van der Waals surface area contributed by atoms with E-state index in [9.17, 15) is 8.42 Å². The molecule has 1 aromatic carbocycles. The fourth-order valence-corrected chi connectivity index (χ4v) is 3.55. The predicted octanol–water partition coefficient (Wildman–Crippen LogP) is 2.94. The van der Waals surface area contributed by atoms with E-state index in [2.05, 4.69) is 14.7 Å². The molecule has 6 nitrogen and oxygen atoms in total. The molecule has 26 heavy (non-hydrogen) atoms. The highest BCUT2D eigenvalue weighted by molar-refractivity contribution is 7.89. The summed E-state index contributed by atoms with van der Waals surface area (Å²) in [6.07, 6.45) is 1.68. The Morgan fingerprint density at radius 3 is 2.58 bits per heavy atom. The highest BCUT2D eigenvalue weighted by Crippen LogP contribution is 2.21. The van der Waals surface area contributed by atoms with Gasteiger partial charge < -0.3 is 4.74 Å². The van der Waals surface area contributed by atoms with Gasteiger partial charge in [-0.1, -0.05) is 18.2 Å². The van der Waals surface area contributed by atoms with E-state index in [4.69, 9.17) is 4.74 Å². The zero-order valence-electron chi connectivity index (χ0n) is 14.5. The fourth-order valence-electron chi connectivity index (χ4n) is 2.45. The van der Waals surface area contributed by atoms with Crippen molar-refractivity contribution in [3.63, 3.8) is 0 Å². The van der Waals surface area contributed by atoms with Crippen LogP contribution in [0.4, 0.5) is 0 Å². The van der Waals surface area contributed by atoms with E-state index in [0.29, 0.717) is 22.8 Å². The number of nitrogens with zero attached hydrogens (tertiary/aromatic N) is 2. The minimum absolute atomic E-state index is 0.0489. The Bertz CT molecular complexity index is 1010. The molecule has 134 valence electrons. The minimum atomic E-state index is -3.62. The molecule has 0 amide bonds. The third-order valence-corrected chi connectivity index (χ3v) is 5.16. The molecule has 2 aromatic heterocycles. The van der Waals surface area contributed by atoms with Gasteiger partial charge in [0.2, 0.25) is 10.0 Å². The van der Waals surface area contributed by atoms with E-state index in [-0.39, 0.29) is 11.4 Å². The number of sulfonamides is 1. The van der Waals surface area contributed by atoms with Crippen molar-refractivity contribution in [2.45, 2.75) is 18.4 Å². The quantitative estimate of drug-likeness (QED) is 0.722. The van der Waals surface area contributed by atoms with Gasteiger partial charge in [-0.25, -0.2) is 18.1 Å². The Kier molecular flexibility index (Phi) is 5.29. The average Bonchev–Trinajstić information content (AvgIpc) is 2.67. The van der Waals surface area contributed by atoms with Crippen LogP contribution in [0, 0.1) is 6.92 Å². The van der Waals surface area contributed by atoms with Crippen LogP contribution in [0.5, 0.6) is 5.75 Å². The average molecular weight is 369 g/mol. The normalized spacial score (nSPS) is 11.3. The van der Waals surface area contributed by atoms with Crippen LogP contribution in [0.15, 0.2) is 65.7 Å². The van der Waals surface area contributed by atoms with E-state index in [1.807, 2.05) is 31.2 Å². The zero-order chi connectivity index (χ0) is 18.6. The van der Waals surface area contributed by atoms with E-state index >= 15 is 0 Å². The second-order valence-electron chi connectivity index (χ2n) is 5.74. The van der Waals surface area contributed by atoms with Crippen LogP contribution in [-0.2, 0) is 16.6 Å². The summed E-state index contributed by atoms with van der Waals surface area (Å²) in [7, 11) is -2.07. The number of methoxy groups -OCH3 is 1. The second kappa shape index (κ2) is 7.63. The number of benzene rings is 1. The summed E-state index contributed by atoms with van der Waals surface area (Å²) >= 11 is 0. The number of aromatic nitrogens is 2. The first-order valence-electron chi connectivity index (χ1n) is 8.00. The summed E-state index contributed by atoms with van der Waals surface area (Å²) in [4.78, 5) is 9.00. The molecule has 0 saturated carbocycles. The molecule has 0 bridgehead atoms. The third-order valence-electron chi connectivity index (χ3n) is 3.76. The molecule has 3 aromatic rings. The van der Waals surface area contributed by atoms with E-state index in [1.165, 1.54) is 0 Å². The SMILES string of the molecule is COc1cc(CNS(=O)(=O)c2cccc(C)c2)nc(-c2ccccn2)c1. The van der Waals surface area contributed by atoms with Crippen molar-refractivity contribution < 1.29 is 13.2 Å². The van der Waals surface area contributed by atoms with Crippen LogP contribution in [0.2, 0.25) is 0 Å². The first-order chi connectivity index (χ1) is 12.5. The van der Waals surface area contributed by atoms with Gasteiger partial charge in [0.15, 0.2) is 0 Å². The van der Waals surface area contributed by atoms with Crippen molar-refractivity contribution in [2.24, 2.45) is 0 Å². The van der Waals surface area contributed by atoms with Crippen molar-refractivity contribution in [3.05, 3.63) is 72.1 Å². The third kappa shape index (κ3) is 4.25. The van der Waals surface area contributed by atoms with Crippen molar-refractivity contribution in [3.8, 4) is 17.1 Å². The van der Waals surface area contributed by atoms with Crippen LogP contribution in [0.25, 0.3) is 11.4 Å². The molecule has 0 aliphatic rings. The molecule has 0 aliphatic heterocycles. The number of aryl methyl sites for hydroxylation is 1. The zero-order valence-corrected chi connectivity index (χ0v) is 15.3. The molecular weight excluding hydrogens is 350 g/mol. The Morgan fingerprint density at radius 2 is 1.88 bits per heavy atom. The summed E-state index contributed by atoms with van der Waals surface area (Å²) in [5.41, 5.74) is 2.73. The number of hydrogen-bond donors (Lipinski definition) is 1. The van der Waals surface area contributed by atoms with Gasteiger partial charge in [0.25, 0.3) is 0 Å². The Morgan fingerprint density at radius 1 is 1.04 bits per heavy atom. The van der Waals surface area contributed by atoms with Gasteiger partial charge >= 0.3 is 0 Å². The molecule has 1 N–H and O–H groups in total. The number of ether oxygens (including phenoxy) is 1. The number of hydrogen-bond acceptors (Lipinski definition) is 5. The van der Waals surface area contributed by atoms with Crippen molar-refractivity contribution in [2.75, 3.05) is 7.11 Å². The lowest BCUT2D eigenvalue weighted by atomic mass is 10.2. The standard InChI is InChI=1S/C19H19N3O3S/c1-14-6-5-7-17(10-14)26(23,24)21-13-15-11-16(25-2)12-19(22-15)18-8-3-4-9-20-18/h3-12,21H,13H2,1-2H3. The van der Waals surface area contributed by atoms with Gasteiger partial charge in [0, 0.05) is 18.3 Å². The number of nitrogens with one attached hydrogen (secondary N) is 1. The molecule has 0 saturated heterocycles.